The van der Waals surface area contributed by atoms with Gasteiger partial charge in [0.25, 0.3) is 0 Å². The zero-order chi connectivity index (χ0) is 9.84. The number of ketones is 1. The summed E-state index contributed by atoms with van der Waals surface area (Å²) in [5, 5.41) is 2.80. The minimum atomic E-state index is 0.0432. The van der Waals surface area contributed by atoms with Crippen molar-refractivity contribution in [1.29, 1.82) is 0 Å². The maximum absolute atomic E-state index is 11.4. The van der Waals surface area contributed by atoms with Gasteiger partial charge in [-0.05, 0) is 35.1 Å². The Labute approximate surface area is 85.4 Å². The Morgan fingerprint density at radius 1 is 1.62 bits per heavy atom. The lowest BCUT2D eigenvalue weighted by molar-refractivity contribution is 0.0993. The van der Waals surface area contributed by atoms with E-state index in [1.165, 1.54) is 0 Å². The van der Waals surface area contributed by atoms with E-state index in [0.29, 0.717) is 17.8 Å². The molecule has 4 heteroatoms. The molecule has 0 radical (unpaired) electrons. The first kappa shape index (κ1) is 10.2. The summed E-state index contributed by atoms with van der Waals surface area (Å²) in [5.41, 5.74) is 6.85. The van der Waals surface area contributed by atoms with Gasteiger partial charge in [-0.3, -0.25) is 4.79 Å². The Morgan fingerprint density at radius 2 is 2.31 bits per heavy atom. The summed E-state index contributed by atoms with van der Waals surface area (Å²) >= 11 is 3.27. The van der Waals surface area contributed by atoms with Crippen molar-refractivity contribution in [3.05, 3.63) is 28.2 Å². The second kappa shape index (κ2) is 4.39. The summed E-state index contributed by atoms with van der Waals surface area (Å²) in [6.07, 6.45) is 0. The minimum Gasteiger partial charge on any atom is -0.398 e. The third-order valence-corrected chi connectivity index (χ3v) is 2.38. The van der Waals surface area contributed by atoms with Crippen molar-refractivity contribution in [2.75, 3.05) is 19.3 Å². The second-order valence-corrected chi connectivity index (χ2v) is 3.54. The molecule has 70 valence electrons. The molecule has 13 heavy (non-hydrogen) atoms. The Balaban J connectivity index is 2.90. The molecule has 0 aliphatic heterocycles. The van der Waals surface area contributed by atoms with E-state index in [4.69, 9.17) is 5.73 Å². The molecule has 0 aliphatic carbocycles. The normalized spacial score (nSPS) is 10.0. The highest BCUT2D eigenvalue weighted by molar-refractivity contribution is 9.10. The van der Waals surface area contributed by atoms with Gasteiger partial charge in [-0.1, -0.05) is 6.07 Å². The number of carbonyl (C=O) groups excluding carboxylic acids is 1. The summed E-state index contributed by atoms with van der Waals surface area (Å²) in [6.45, 7) is 0.334. The van der Waals surface area contributed by atoms with Crippen LogP contribution in [-0.2, 0) is 0 Å². The average Bonchev–Trinajstić information content (AvgIpc) is 2.10. The van der Waals surface area contributed by atoms with Crippen LogP contribution in [0.5, 0.6) is 0 Å². The van der Waals surface area contributed by atoms with Gasteiger partial charge < -0.3 is 11.1 Å². The van der Waals surface area contributed by atoms with Crippen LogP contribution in [0.1, 0.15) is 10.4 Å². The van der Waals surface area contributed by atoms with Crippen LogP contribution in [0.2, 0.25) is 0 Å². The van der Waals surface area contributed by atoms with Crippen LogP contribution in [0.4, 0.5) is 5.69 Å². The fourth-order valence-corrected chi connectivity index (χ4v) is 1.23. The molecule has 0 amide bonds. The van der Waals surface area contributed by atoms with E-state index in [2.05, 4.69) is 21.2 Å². The van der Waals surface area contributed by atoms with Crippen molar-refractivity contribution in [1.82, 2.24) is 5.32 Å². The van der Waals surface area contributed by atoms with Crippen LogP contribution < -0.4 is 11.1 Å². The number of nitrogens with one attached hydrogen (secondary N) is 1. The van der Waals surface area contributed by atoms with Crippen molar-refractivity contribution in [3.63, 3.8) is 0 Å². The number of hydrogen-bond acceptors (Lipinski definition) is 3. The second-order valence-electron chi connectivity index (χ2n) is 2.69. The van der Waals surface area contributed by atoms with E-state index in [9.17, 15) is 4.79 Å². The zero-order valence-electron chi connectivity index (χ0n) is 7.30. The highest BCUT2D eigenvalue weighted by Gasteiger charge is 2.05. The fraction of sp³-hybridized carbons (Fsp3) is 0.222. The van der Waals surface area contributed by atoms with Gasteiger partial charge in [-0.2, -0.15) is 0 Å². The summed E-state index contributed by atoms with van der Waals surface area (Å²) in [4.78, 5) is 11.4. The molecule has 0 atom stereocenters. The quantitative estimate of drug-likeness (QED) is 0.623. The molecule has 0 fully saturated rings. The van der Waals surface area contributed by atoms with E-state index in [1.54, 1.807) is 25.2 Å². The number of anilines is 1. The number of rotatable bonds is 3. The number of benzene rings is 1. The lowest BCUT2D eigenvalue weighted by Crippen LogP contribution is -2.18. The van der Waals surface area contributed by atoms with E-state index >= 15 is 0 Å². The molecule has 0 aliphatic rings. The largest absolute Gasteiger partial charge is 0.398 e. The first-order valence-corrected chi connectivity index (χ1v) is 4.67. The molecule has 3 nitrogen and oxygen atoms in total. The molecule has 0 saturated carbocycles. The molecular weight excluding hydrogens is 232 g/mol. The molecule has 0 heterocycles. The van der Waals surface area contributed by atoms with Crippen molar-refractivity contribution in [2.45, 2.75) is 0 Å². The summed E-state index contributed by atoms with van der Waals surface area (Å²) in [6, 6.07) is 5.20. The van der Waals surface area contributed by atoms with Gasteiger partial charge >= 0.3 is 0 Å². The van der Waals surface area contributed by atoms with Crippen molar-refractivity contribution < 1.29 is 4.79 Å². The molecule has 1 aromatic carbocycles. The smallest absolute Gasteiger partial charge is 0.176 e. The molecular formula is C9H11BrN2O. The summed E-state index contributed by atoms with van der Waals surface area (Å²) < 4.78 is 0.813. The Hall–Kier alpha value is -0.870. The Morgan fingerprint density at radius 3 is 2.85 bits per heavy atom. The lowest BCUT2D eigenvalue weighted by atomic mass is 10.1. The van der Waals surface area contributed by atoms with Gasteiger partial charge in [0.1, 0.15) is 0 Å². The van der Waals surface area contributed by atoms with Crippen LogP contribution in [0, 0.1) is 0 Å². The molecule has 1 aromatic rings. The van der Waals surface area contributed by atoms with Gasteiger partial charge in [-0.25, -0.2) is 0 Å². The standard InChI is InChI=1S/C9H11BrN2O/c1-12-5-9(13)6-2-3-7(10)8(11)4-6/h2-4,12H,5,11H2,1H3. The average molecular weight is 243 g/mol. The first-order chi connectivity index (χ1) is 6.15. The highest BCUT2D eigenvalue weighted by atomic mass is 79.9. The number of halogens is 1. The molecule has 0 unspecified atom stereocenters. The number of Topliss-reactive ketones (excluding diaryl/α,β-unsaturated/α-hetero) is 1. The maximum atomic E-state index is 11.4. The molecule has 0 aromatic heterocycles. The predicted molar refractivity (Wildman–Crippen MR) is 56.8 cm³/mol. The molecule has 0 bridgehead atoms. The Bertz CT molecular complexity index is 325. The molecule has 3 N–H and O–H groups in total. The summed E-state index contributed by atoms with van der Waals surface area (Å²) in [7, 11) is 1.74. The predicted octanol–water partition coefficient (Wildman–Crippen LogP) is 1.43. The molecule has 0 spiro atoms. The van der Waals surface area contributed by atoms with Gasteiger partial charge in [0.15, 0.2) is 5.78 Å². The van der Waals surface area contributed by atoms with Crippen molar-refractivity contribution in [3.8, 4) is 0 Å². The third kappa shape index (κ3) is 2.54. The Kier molecular flexibility index (Phi) is 3.45. The van der Waals surface area contributed by atoms with Crippen LogP contribution in [-0.4, -0.2) is 19.4 Å². The number of hydrogen-bond donors (Lipinski definition) is 2. The third-order valence-electron chi connectivity index (χ3n) is 1.66. The molecule has 0 saturated heterocycles. The van der Waals surface area contributed by atoms with Crippen molar-refractivity contribution >= 4 is 27.4 Å². The van der Waals surface area contributed by atoms with E-state index in [0.717, 1.165) is 4.47 Å². The first-order valence-electron chi connectivity index (χ1n) is 3.88. The van der Waals surface area contributed by atoms with Gasteiger partial charge in [-0.15, -0.1) is 0 Å². The van der Waals surface area contributed by atoms with E-state index in [-0.39, 0.29) is 5.78 Å². The minimum absolute atomic E-state index is 0.0432. The zero-order valence-corrected chi connectivity index (χ0v) is 8.89. The van der Waals surface area contributed by atoms with Gasteiger partial charge in [0.05, 0.1) is 6.54 Å². The van der Waals surface area contributed by atoms with Gasteiger partial charge in [0.2, 0.25) is 0 Å². The van der Waals surface area contributed by atoms with E-state index < -0.39 is 0 Å². The van der Waals surface area contributed by atoms with Crippen molar-refractivity contribution in [2.24, 2.45) is 0 Å². The summed E-state index contributed by atoms with van der Waals surface area (Å²) in [5.74, 6) is 0.0432. The number of carbonyl (C=O) groups is 1. The van der Waals surface area contributed by atoms with Gasteiger partial charge in [0, 0.05) is 15.7 Å². The van der Waals surface area contributed by atoms with E-state index in [1.807, 2.05) is 0 Å². The SMILES string of the molecule is CNCC(=O)c1ccc(Br)c(N)c1. The lowest BCUT2D eigenvalue weighted by Gasteiger charge is -2.02. The topological polar surface area (TPSA) is 55.1 Å². The van der Waals surface area contributed by atoms with Crippen LogP contribution in [0.3, 0.4) is 0 Å². The monoisotopic (exact) mass is 242 g/mol. The fourth-order valence-electron chi connectivity index (χ4n) is 0.980. The molecule has 1 rings (SSSR count). The number of nitrogen functional groups attached to an aromatic ring is 1. The highest BCUT2D eigenvalue weighted by Crippen LogP contribution is 2.20. The van der Waals surface area contributed by atoms with Crippen LogP contribution >= 0.6 is 15.9 Å². The maximum Gasteiger partial charge on any atom is 0.176 e. The van der Waals surface area contributed by atoms with Crippen LogP contribution in [0.15, 0.2) is 22.7 Å². The number of likely N-dealkylation sites (N-methyl/N-ethyl adjacent to an activating group) is 1. The number of nitrogens with two attached hydrogens (primary N) is 1. The van der Waals surface area contributed by atoms with Crippen LogP contribution in [0.25, 0.3) is 0 Å².